The average Bonchev–Trinajstić information content (AvgIpc) is 2.21. The van der Waals surface area contributed by atoms with Crippen LogP contribution in [0.5, 0.6) is 0 Å². The van der Waals surface area contributed by atoms with Crippen molar-refractivity contribution in [1.82, 2.24) is 0 Å². The first-order valence-corrected chi connectivity index (χ1v) is 6.44. The van der Waals surface area contributed by atoms with E-state index in [2.05, 4.69) is 0 Å². The van der Waals surface area contributed by atoms with E-state index >= 15 is 0 Å². The second-order valence-corrected chi connectivity index (χ2v) is 6.18. The highest BCUT2D eigenvalue weighted by Crippen LogP contribution is 2.42. The Bertz CT molecular complexity index is 365. The molecule has 3 nitrogen and oxygen atoms in total. The smallest absolute Gasteiger partial charge is 0.381 e. The molecule has 0 aliphatic rings. The fourth-order valence-electron chi connectivity index (χ4n) is 0.161. The Hall–Kier alpha value is -0.960. The molecule has 0 atom stereocenters. The third kappa shape index (κ3) is 10.8. The van der Waals surface area contributed by atoms with Crippen LogP contribution in [0.4, 0.5) is 52.7 Å². The molecule has 0 saturated heterocycles. The molecule has 0 aliphatic heterocycles. The first-order chi connectivity index (χ1) is 11.0. The summed E-state index contributed by atoms with van der Waals surface area (Å²) in [7, 11) is 0. The maximum absolute atomic E-state index is 11.4. The molecule has 0 aliphatic carbocycles. The van der Waals surface area contributed by atoms with Gasteiger partial charge in [0.15, 0.2) is 11.2 Å². The van der Waals surface area contributed by atoms with Gasteiger partial charge >= 0.3 is 24.7 Å². The van der Waals surface area contributed by atoms with E-state index in [1.54, 1.807) is 0 Å². The molecule has 0 bridgehead atoms. The van der Waals surface area contributed by atoms with E-state index in [9.17, 15) is 52.7 Å². The maximum Gasteiger partial charge on any atom is 0.425 e. The van der Waals surface area contributed by atoms with Crippen molar-refractivity contribution in [3.05, 3.63) is 0 Å². The van der Waals surface area contributed by atoms with Gasteiger partial charge in [0.2, 0.25) is 0 Å². The molecule has 0 aromatic carbocycles. The molecule has 0 fully saturated rings. The van der Waals surface area contributed by atoms with E-state index in [-0.39, 0.29) is 6.92 Å². The molecule has 0 aromatic rings. The average molecular weight is 438 g/mol. The van der Waals surface area contributed by atoms with Crippen LogP contribution >= 0.6 is 0 Å². The lowest BCUT2D eigenvalue weighted by molar-refractivity contribution is -0.360. The standard InChI is InChI=1S/C4H4F6O.2C4H7F3O/c1-2(11,3(5,6)7)4(8,9)10;2*1-3(2,8)4(5,6)7/h11H,1H3;2*8H,1-2H3. The lowest BCUT2D eigenvalue weighted by atomic mass is 10.1. The third-order valence-electron chi connectivity index (χ3n) is 2.49. The van der Waals surface area contributed by atoms with Crippen LogP contribution in [0.15, 0.2) is 0 Å². The van der Waals surface area contributed by atoms with Crippen LogP contribution in [-0.2, 0) is 0 Å². The van der Waals surface area contributed by atoms with Gasteiger partial charge in [0.25, 0.3) is 5.60 Å². The summed E-state index contributed by atoms with van der Waals surface area (Å²) in [6.07, 6.45) is -20.4. The zero-order valence-electron chi connectivity index (χ0n) is 14.4. The van der Waals surface area contributed by atoms with Crippen LogP contribution in [0, 0.1) is 0 Å². The summed E-state index contributed by atoms with van der Waals surface area (Å²) < 4.78 is 136. The number of alkyl halides is 12. The molecular weight excluding hydrogens is 420 g/mol. The van der Waals surface area contributed by atoms with Crippen molar-refractivity contribution in [2.24, 2.45) is 0 Å². The minimum absolute atomic E-state index is 0.340. The fraction of sp³-hybridized carbons (Fsp3) is 1.00. The molecule has 0 spiro atoms. The molecule has 0 saturated carbocycles. The van der Waals surface area contributed by atoms with Crippen molar-refractivity contribution in [3.8, 4) is 0 Å². The minimum atomic E-state index is -5.69. The highest BCUT2D eigenvalue weighted by molar-refractivity contribution is 4.88. The van der Waals surface area contributed by atoms with Crippen molar-refractivity contribution in [2.45, 2.75) is 76.1 Å². The van der Waals surface area contributed by atoms with Crippen LogP contribution in [0.25, 0.3) is 0 Å². The Morgan fingerprint density at radius 3 is 0.481 bits per heavy atom. The number of hydrogen-bond donors (Lipinski definition) is 3. The van der Waals surface area contributed by atoms with Crippen molar-refractivity contribution in [3.63, 3.8) is 0 Å². The molecule has 0 unspecified atom stereocenters. The highest BCUT2D eigenvalue weighted by Gasteiger charge is 2.67. The minimum Gasteiger partial charge on any atom is -0.381 e. The van der Waals surface area contributed by atoms with E-state index in [1.165, 1.54) is 0 Å². The molecule has 0 amide bonds. The second-order valence-electron chi connectivity index (χ2n) is 6.18. The van der Waals surface area contributed by atoms with Crippen LogP contribution in [0.2, 0.25) is 0 Å². The summed E-state index contributed by atoms with van der Waals surface area (Å²) in [5.41, 5.74) is -9.75. The third-order valence-corrected chi connectivity index (χ3v) is 2.49. The van der Waals surface area contributed by atoms with E-state index in [0.717, 1.165) is 0 Å². The molecule has 15 heteroatoms. The zero-order chi connectivity index (χ0) is 23.5. The Morgan fingerprint density at radius 2 is 0.481 bits per heavy atom. The topological polar surface area (TPSA) is 60.7 Å². The molecule has 3 N–H and O–H groups in total. The van der Waals surface area contributed by atoms with E-state index in [0.29, 0.717) is 27.7 Å². The van der Waals surface area contributed by atoms with Crippen molar-refractivity contribution in [2.75, 3.05) is 0 Å². The predicted octanol–water partition coefficient (Wildman–Crippen LogP) is 4.50. The highest BCUT2D eigenvalue weighted by atomic mass is 19.4. The first kappa shape index (κ1) is 30.8. The predicted molar refractivity (Wildman–Crippen MR) is 67.4 cm³/mol. The van der Waals surface area contributed by atoms with E-state index in [4.69, 9.17) is 15.3 Å². The van der Waals surface area contributed by atoms with Crippen LogP contribution in [0.1, 0.15) is 34.6 Å². The largest absolute Gasteiger partial charge is 0.425 e. The lowest BCUT2D eigenvalue weighted by Gasteiger charge is -2.28. The molecule has 0 heterocycles. The lowest BCUT2D eigenvalue weighted by Crippen LogP contribution is -2.54. The van der Waals surface area contributed by atoms with E-state index in [1.807, 2.05) is 0 Å². The Balaban J connectivity index is -0.000000327. The summed E-state index contributed by atoms with van der Waals surface area (Å²) in [5.74, 6) is 0. The van der Waals surface area contributed by atoms with Crippen LogP contribution in [0.3, 0.4) is 0 Å². The Labute approximate surface area is 145 Å². The second kappa shape index (κ2) is 8.59. The maximum atomic E-state index is 11.4. The van der Waals surface area contributed by atoms with Gasteiger partial charge in [-0.2, -0.15) is 52.7 Å². The summed E-state index contributed by atoms with van der Waals surface area (Å²) in [6, 6.07) is 0. The number of aliphatic hydroxyl groups is 3. The zero-order valence-corrected chi connectivity index (χ0v) is 14.4. The summed E-state index contributed by atoms with van der Waals surface area (Å²) in [6.45, 7) is 2.47. The van der Waals surface area contributed by atoms with Gasteiger partial charge < -0.3 is 15.3 Å². The molecular formula is C12H18F12O3. The van der Waals surface area contributed by atoms with Crippen LogP contribution in [-0.4, -0.2) is 56.8 Å². The normalized spacial score (nSPS) is 14.7. The van der Waals surface area contributed by atoms with Gasteiger partial charge in [0, 0.05) is 0 Å². The van der Waals surface area contributed by atoms with Crippen molar-refractivity contribution in [1.29, 1.82) is 0 Å². The molecule has 0 aromatic heterocycles. The molecule has 0 rings (SSSR count). The van der Waals surface area contributed by atoms with Gasteiger partial charge in [-0.3, -0.25) is 0 Å². The van der Waals surface area contributed by atoms with Crippen molar-refractivity contribution >= 4 is 0 Å². The molecule has 27 heavy (non-hydrogen) atoms. The van der Waals surface area contributed by atoms with Gasteiger partial charge in [-0.15, -0.1) is 0 Å². The Morgan fingerprint density at radius 1 is 0.370 bits per heavy atom. The van der Waals surface area contributed by atoms with Gasteiger partial charge in [0.05, 0.1) is 0 Å². The monoisotopic (exact) mass is 438 g/mol. The van der Waals surface area contributed by atoms with Gasteiger partial charge in [-0.05, 0) is 34.6 Å². The Kier molecular flexibility index (Phi) is 9.79. The van der Waals surface area contributed by atoms with Gasteiger partial charge in [0.1, 0.15) is 0 Å². The quantitative estimate of drug-likeness (QED) is 0.489. The molecule has 168 valence electrons. The number of halogens is 12. The van der Waals surface area contributed by atoms with Crippen LogP contribution < -0.4 is 0 Å². The molecule has 0 radical (unpaired) electrons. The summed E-state index contributed by atoms with van der Waals surface area (Å²) in [5, 5.41) is 24.4. The van der Waals surface area contributed by atoms with Gasteiger partial charge in [-0.1, -0.05) is 0 Å². The summed E-state index contributed by atoms with van der Waals surface area (Å²) >= 11 is 0. The van der Waals surface area contributed by atoms with Crippen molar-refractivity contribution < 1.29 is 68.0 Å². The number of rotatable bonds is 0. The van der Waals surface area contributed by atoms with E-state index < -0.39 is 41.5 Å². The number of hydrogen-bond acceptors (Lipinski definition) is 3. The SMILES string of the molecule is CC(C)(O)C(F)(F)F.CC(C)(O)C(F)(F)F.CC(O)(C(F)(F)F)C(F)(F)F. The summed E-state index contributed by atoms with van der Waals surface area (Å²) in [4.78, 5) is 0. The first-order valence-electron chi connectivity index (χ1n) is 6.44. The fourth-order valence-corrected chi connectivity index (χ4v) is 0.161. The van der Waals surface area contributed by atoms with Gasteiger partial charge in [-0.25, -0.2) is 0 Å².